The summed E-state index contributed by atoms with van der Waals surface area (Å²) in [6, 6.07) is 5.81. The van der Waals surface area contributed by atoms with E-state index < -0.39 is 23.3 Å². The second-order valence-electron chi connectivity index (χ2n) is 13.8. The minimum Gasteiger partial charge on any atom is -0.508 e. The van der Waals surface area contributed by atoms with E-state index >= 15 is 4.39 Å². The molecule has 2 aromatic heterocycles. The molecule has 6 heterocycles. The molecule has 4 aliphatic rings. The van der Waals surface area contributed by atoms with Crippen LogP contribution >= 0.6 is 0 Å². The maximum absolute atomic E-state index is 16.9. The molecule has 246 valence electrons. The number of nitrogens with zero attached hydrogens (tertiary/aromatic N) is 5. The first-order chi connectivity index (χ1) is 22.7. The maximum atomic E-state index is 16.9. The van der Waals surface area contributed by atoms with Gasteiger partial charge in [0, 0.05) is 56.2 Å². The van der Waals surface area contributed by atoms with Gasteiger partial charge in [-0.1, -0.05) is 13.0 Å². The maximum Gasteiger partial charge on any atom is 0.319 e. The van der Waals surface area contributed by atoms with Crippen LogP contribution in [0.4, 0.5) is 19.0 Å². The van der Waals surface area contributed by atoms with E-state index in [4.69, 9.17) is 9.72 Å². The lowest BCUT2D eigenvalue weighted by Crippen LogP contribution is -2.45. The van der Waals surface area contributed by atoms with Crippen LogP contribution in [0.3, 0.4) is 0 Å². The lowest BCUT2D eigenvalue weighted by atomic mass is 9.79. The van der Waals surface area contributed by atoms with Gasteiger partial charge in [-0.15, -0.1) is 0 Å². The number of ether oxygens (including phenoxy) is 1. The quantitative estimate of drug-likeness (QED) is 0.285. The third-order valence-corrected chi connectivity index (χ3v) is 10.8. The summed E-state index contributed by atoms with van der Waals surface area (Å²) >= 11 is 0. The van der Waals surface area contributed by atoms with Crippen molar-refractivity contribution in [2.45, 2.75) is 63.6 Å². The Hall–Kier alpha value is -4.19. The third kappa shape index (κ3) is 5.03. The summed E-state index contributed by atoms with van der Waals surface area (Å²) < 4.78 is 52.7. The number of piperidine rings is 1. The molecule has 0 radical (unpaired) electrons. The number of hydrogen-bond acceptors (Lipinski definition) is 8. The predicted molar refractivity (Wildman–Crippen MR) is 171 cm³/mol. The van der Waals surface area contributed by atoms with Gasteiger partial charge < -0.3 is 20.1 Å². The van der Waals surface area contributed by atoms with Crippen molar-refractivity contribution >= 4 is 33.4 Å². The molecule has 4 fully saturated rings. The topological polar surface area (TPSA) is 104 Å². The van der Waals surface area contributed by atoms with Gasteiger partial charge in [-0.05, 0) is 73.2 Å². The summed E-state index contributed by atoms with van der Waals surface area (Å²) in [6.45, 7) is 4.92. The molecule has 47 heavy (non-hydrogen) atoms. The van der Waals surface area contributed by atoms with E-state index in [0.29, 0.717) is 73.0 Å². The Labute approximate surface area is 270 Å². The molecule has 0 bridgehead atoms. The molecule has 4 aliphatic heterocycles. The number of alkyl halides is 1. The van der Waals surface area contributed by atoms with Crippen LogP contribution in [0.5, 0.6) is 11.8 Å². The van der Waals surface area contributed by atoms with Crippen molar-refractivity contribution in [1.82, 2.24) is 25.2 Å². The van der Waals surface area contributed by atoms with E-state index in [2.05, 4.69) is 25.1 Å². The number of benzene rings is 2. The molecule has 8 rings (SSSR count). The van der Waals surface area contributed by atoms with Crippen molar-refractivity contribution in [2.75, 3.05) is 44.2 Å². The van der Waals surface area contributed by atoms with E-state index in [0.717, 1.165) is 32.2 Å². The summed E-state index contributed by atoms with van der Waals surface area (Å²) in [5.41, 5.74) is -0.155. The normalized spacial score (nSPS) is 26.1. The zero-order chi connectivity index (χ0) is 32.5. The number of fused-ring (bicyclic) bond motifs is 3. The van der Waals surface area contributed by atoms with Crippen LogP contribution in [0.2, 0.25) is 0 Å². The Morgan fingerprint density at radius 3 is 2.81 bits per heavy atom. The Morgan fingerprint density at radius 1 is 1.15 bits per heavy atom. The molecule has 0 saturated carbocycles. The third-order valence-electron chi connectivity index (χ3n) is 10.8. The average Bonchev–Trinajstić information content (AvgIpc) is 3.71. The largest absolute Gasteiger partial charge is 0.508 e. The van der Waals surface area contributed by atoms with E-state index in [-0.39, 0.29) is 46.5 Å². The van der Waals surface area contributed by atoms with Crippen molar-refractivity contribution in [1.29, 1.82) is 0 Å². The van der Waals surface area contributed by atoms with Crippen LogP contribution < -0.4 is 15.0 Å². The molecule has 2 N–H and O–H groups in total. The van der Waals surface area contributed by atoms with Crippen LogP contribution in [-0.4, -0.2) is 81.9 Å². The highest BCUT2D eigenvalue weighted by Gasteiger charge is 2.49. The molecule has 4 saturated heterocycles. The SMILES string of the molecule is CCc1c(F)ccc2cc(O)cc(-c3ncc4c(N5CCCC6(CNC(=O)C6)C5)nc(OCC56CCCN5CC(F)C6)nc4c3F)c12. The zero-order valence-corrected chi connectivity index (χ0v) is 26.3. The molecular weight excluding hydrogens is 609 g/mol. The second kappa shape index (κ2) is 11.2. The predicted octanol–water partition coefficient (Wildman–Crippen LogP) is 5.45. The van der Waals surface area contributed by atoms with Crippen molar-refractivity contribution in [3.63, 3.8) is 0 Å². The van der Waals surface area contributed by atoms with E-state index in [1.165, 1.54) is 24.4 Å². The van der Waals surface area contributed by atoms with Gasteiger partial charge in [0.05, 0.1) is 10.9 Å². The number of aryl methyl sites for hydroxylation is 1. The number of carbonyl (C=O) groups is 1. The van der Waals surface area contributed by atoms with Crippen LogP contribution in [0.25, 0.3) is 32.9 Å². The highest BCUT2D eigenvalue weighted by Crippen LogP contribution is 2.43. The number of pyridine rings is 1. The number of rotatable bonds is 6. The summed E-state index contributed by atoms with van der Waals surface area (Å²) in [6.07, 6.45) is 5.18. The minimum atomic E-state index is -0.930. The molecule has 0 aliphatic carbocycles. The van der Waals surface area contributed by atoms with Gasteiger partial charge in [0.15, 0.2) is 5.82 Å². The highest BCUT2D eigenvalue weighted by atomic mass is 19.1. The Morgan fingerprint density at radius 2 is 2.00 bits per heavy atom. The van der Waals surface area contributed by atoms with Gasteiger partial charge in [0.25, 0.3) is 0 Å². The first-order valence-electron chi connectivity index (χ1n) is 16.5. The molecule has 3 atom stereocenters. The molecular formula is C35H37F3N6O3. The number of phenolic OH excluding ortho intramolecular Hbond substituents is 1. The summed E-state index contributed by atoms with van der Waals surface area (Å²) in [7, 11) is 0. The van der Waals surface area contributed by atoms with E-state index in [1.54, 1.807) is 6.07 Å². The number of phenols is 1. The molecule has 12 heteroatoms. The molecule has 1 spiro atoms. The van der Waals surface area contributed by atoms with Crippen LogP contribution in [0.1, 0.15) is 51.0 Å². The van der Waals surface area contributed by atoms with Gasteiger partial charge in [0.1, 0.15) is 41.4 Å². The van der Waals surface area contributed by atoms with Gasteiger partial charge in [-0.3, -0.25) is 14.7 Å². The summed E-state index contributed by atoms with van der Waals surface area (Å²) in [5, 5.41) is 15.0. The van der Waals surface area contributed by atoms with Gasteiger partial charge in [0.2, 0.25) is 5.91 Å². The molecule has 2 aromatic carbocycles. The van der Waals surface area contributed by atoms with Crippen LogP contribution in [-0.2, 0) is 11.2 Å². The van der Waals surface area contributed by atoms with Gasteiger partial charge in [-0.2, -0.15) is 9.97 Å². The van der Waals surface area contributed by atoms with E-state index in [1.807, 2.05) is 6.92 Å². The number of halogens is 3. The number of aromatic nitrogens is 3. The number of amides is 1. The highest BCUT2D eigenvalue weighted by molar-refractivity contribution is 6.01. The van der Waals surface area contributed by atoms with Crippen molar-refractivity contribution in [3.8, 4) is 23.0 Å². The number of nitrogens with one attached hydrogen (secondary N) is 1. The van der Waals surface area contributed by atoms with Gasteiger partial charge >= 0.3 is 6.01 Å². The molecule has 3 unspecified atom stereocenters. The first kappa shape index (κ1) is 30.2. The lowest BCUT2D eigenvalue weighted by Gasteiger charge is -2.40. The first-order valence-corrected chi connectivity index (χ1v) is 16.5. The Kier molecular flexibility index (Phi) is 7.19. The fourth-order valence-corrected chi connectivity index (χ4v) is 8.62. The number of hydrogen-bond donors (Lipinski definition) is 2. The van der Waals surface area contributed by atoms with E-state index in [9.17, 15) is 18.7 Å². The Balaban J connectivity index is 1.27. The monoisotopic (exact) mass is 646 g/mol. The molecule has 1 amide bonds. The van der Waals surface area contributed by atoms with Gasteiger partial charge in [-0.25, -0.2) is 13.2 Å². The van der Waals surface area contributed by atoms with Crippen LogP contribution in [0.15, 0.2) is 30.5 Å². The van der Waals surface area contributed by atoms with Crippen molar-refractivity contribution in [2.24, 2.45) is 5.41 Å². The van der Waals surface area contributed by atoms with Crippen molar-refractivity contribution in [3.05, 3.63) is 47.7 Å². The smallest absolute Gasteiger partial charge is 0.319 e. The minimum absolute atomic E-state index is 0.0169. The number of aromatic hydroxyl groups is 1. The zero-order valence-electron chi connectivity index (χ0n) is 26.3. The average molecular weight is 647 g/mol. The van der Waals surface area contributed by atoms with Crippen molar-refractivity contribution < 1.29 is 27.8 Å². The summed E-state index contributed by atoms with van der Waals surface area (Å²) in [4.78, 5) is 30.4. The number of carbonyl (C=O) groups excluding carboxylic acids is 1. The Bertz CT molecular complexity index is 1930. The number of anilines is 1. The molecule has 9 nitrogen and oxygen atoms in total. The molecule has 4 aromatic rings. The second-order valence-corrected chi connectivity index (χ2v) is 13.8. The fourth-order valence-electron chi connectivity index (χ4n) is 8.62. The lowest BCUT2D eigenvalue weighted by molar-refractivity contribution is -0.119. The summed E-state index contributed by atoms with van der Waals surface area (Å²) in [5.74, 6) is -0.793. The fraction of sp³-hybridized carbons (Fsp3) is 0.486. The van der Waals surface area contributed by atoms with Crippen LogP contribution in [0, 0.1) is 17.0 Å². The standard InChI is InChI=1S/C35H37F3N6O3/c1-2-23-26(37)6-5-20-11-22(45)12-24(28(20)23)30-29(38)31-25(15-39-30)32(43-9-3-7-34(18-43)14-27(46)40-17-34)42-33(41-31)47-19-35-8-4-10-44(35)16-21(36)13-35/h5-6,11-12,15,21,45H,2-4,7-10,13-14,16-19H2,1H3,(H,40,46).